The van der Waals surface area contributed by atoms with Crippen molar-refractivity contribution < 1.29 is 13.2 Å². The molecular weight excluding hydrogens is 264 g/mol. The lowest BCUT2D eigenvalue weighted by Crippen LogP contribution is -2.53. The van der Waals surface area contributed by atoms with Crippen LogP contribution in [0.2, 0.25) is 0 Å². The Labute approximate surface area is 116 Å². The van der Waals surface area contributed by atoms with Gasteiger partial charge in [0.2, 0.25) is 10.0 Å². The molecule has 5 nitrogen and oxygen atoms in total. The van der Waals surface area contributed by atoms with Crippen molar-refractivity contribution in [2.45, 2.75) is 32.6 Å². The molecule has 2 aliphatic heterocycles. The fourth-order valence-corrected chi connectivity index (χ4v) is 4.68. The largest absolute Gasteiger partial charge is 0.381 e. The minimum absolute atomic E-state index is 0.115. The monoisotopic (exact) mass is 290 g/mol. The molecule has 0 aromatic carbocycles. The van der Waals surface area contributed by atoms with Gasteiger partial charge in [-0.2, -0.15) is 0 Å². The van der Waals surface area contributed by atoms with Gasteiger partial charge in [-0.15, -0.1) is 0 Å². The van der Waals surface area contributed by atoms with E-state index < -0.39 is 10.0 Å². The number of nitrogens with zero attached hydrogens (tertiary/aromatic N) is 1. The third-order valence-corrected chi connectivity index (χ3v) is 6.05. The topological polar surface area (TPSA) is 58.6 Å². The van der Waals surface area contributed by atoms with Crippen LogP contribution >= 0.6 is 0 Å². The molecule has 0 aromatic heterocycles. The zero-order valence-corrected chi connectivity index (χ0v) is 12.7. The highest BCUT2D eigenvalue weighted by atomic mass is 32.2. The van der Waals surface area contributed by atoms with Crippen LogP contribution in [0.5, 0.6) is 0 Å². The molecule has 0 radical (unpaired) electrons. The fraction of sp³-hybridized carbons (Fsp3) is 1.00. The average molecular weight is 290 g/mol. The minimum atomic E-state index is -3.15. The maximum Gasteiger partial charge on any atom is 0.216 e. The molecule has 2 fully saturated rings. The van der Waals surface area contributed by atoms with Crippen LogP contribution in [0.25, 0.3) is 0 Å². The Kier molecular flexibility index (Phi) is 5.22. The van der Waals surface area contributed by atoms with Crippen LogP contribution in [0.15, 0.2) is 0 Å². The first kappa shape index (κ1) is 15.2. The Morgan fingerprint density at radius 3 is 2.79 bits per heavy atom. The predicted molar refractivity (Wildman–Crippen MR) is 75.6 cm³/mol. The second-order valence-electron chi connectivity index (χ2n) is 5.73. The van der Waals surface area contributed by atoms with Crippen molar-refractivity contribution in [2.24, 2.45) is 5.41 Å². The van der Waals surface area contributed by atoms with E-state index in [0.29, 0.717) is 26.3 Å². The van der Waals surface area contributed by atoms with E-state index in [1.807, 2.05) is 6.92 Å². The van der Waals surface area contributed by atoms with Crippen LogP contribution < -0.4 is 5.32 Å². The highest BCUT2D eigenvalue weighted by Gasteiger charge is 2.39. The molecule has 2 saturated heterocycles. The standard InChI is InChI=1S/C13H26N2O3S/c1-2-18-9-10-19(16,17)15-8-4-6-13(12-15)5-3-7-14-11-13/h14H,2-12H2,1H3. The van der Waals surface area contributed by atoms with Crippen LogP contribution in [0, 0.1) is 5.41 Å². The Bertz CT molecular complexity index is 372. The Hall–Kier alpha value is -0.170. The smallest absolute Gasteiger partial charge is 0.216 e. The van der Waals surface area contributed by atoms with Crippen LogP contribution in [0.3, 0.4) is 0 Å². The van der Waals surface area contributed by atoms with E-state index in [0.717, 1.165) is 38.8 Å². The molecule has 2 aliphatic rings. The van der Waals surface area contributed by atoms with Crippen molar-refractivity contribution in [1.29, 1.82) is 0 Å². The van der Waals surface area contributed by atoms with Crippen molar-refractivity contribution in [2.75, 3.05) is 45.1 Å². The molecule has 2 heterocycles. The molecule has 1 N–H and O–H groups in total. The Balaban J connectivity index is 1.96. The number of piperidine rings is 2. The summed E-state index contributed by atoms with van der Waals surface area (Å²) < 4.78 is 31.5. The van der Waals surface area contributed by atoms with E-state index in [1.54, 1.807) is 4.31 Å². The quantitative estimate of drug-likeness (QED) is 0.762. The van der Waals surface area contributed by atoms with Crippen molar-refractivity contribution >= 4 is 10.0 Å². The number of hydrogen-bond acceptors (Lipinski definition) is 4. The number of nitrogens with one attached hydrogen (secondary N) is 1. The van der Waals surface area contributed by atoms with Crippen molar-refractivity contribution in [3.8, 4) is 0 Å². The highest BCUT2D eigenvalue weighted by Crippen LogP contribution is 2.36. The molecule has 0 amide bonds. The summed E-state index contributed by atoms with van der Waals surface area (Å²) in [5, 5.41) is 3.42. The molecule has 1 spiro atoms. The predicted octanol–water partition coefficient (Wildman–Crippen LogP) is 0.818. The van der Waals surface area contributed by atoms with E-state index in [4.69, 9.17) is 4.74 Å². The van der Waals surface area contributed by atoms with Gasteiger partial charge in [-0.25, -0.2) is 12.7 Å². The maximum absolute atomic E-state index is 12.3. The molecule has 0 aliphatic carbocycles. The molecule has 19 heavy (non-hydrogen) atoms. The van der Waals surface area contributed by atoms with Gasteiger partial charge < -0.3 is 10.1 Å². The zero-order valence-electron chi connectivity index (χ0n) is 11.9. The van der Waals surface area contributed by atoms with Crippen LogP contribution in [0.1, 0.15) is 32.6 Å². The summed E-state index contributed by atoms with van der Waals surface area (Å²) >= 11 is 0. The van der Waals surface area contributed by atoms with Crippen LogP contribution in [0.4, 0.5) is 0 Å². The first-order valence-corrected chi connectivity index (χ1v) is 8.95. The third-order valence-electron chi connectivity index (χ3n) is 4.27. The maximum atomic E-state index is 12.3. The third kappa shape index (κ3) is 3.90. The van der Waals surface area contributed by atoms with Crippen molar-refractivity contribution in [3.05, 3.63) is 0 Å². The fourth-order valence-electron chi connectivity index (χ4n) is 3.22. The van der Waals surface area contributed by atoms with E-state index in [1.165, 1.54) is 0 Å². The lowest BCUT2D eigenvalue weighted by atomic mass is 9.75. The van der Waals surface area contributed by atoms with Gasteiger partial charge in [-0.1, -0.05) is 0 Å². The van der Waals surface area contributed by atoms with Gasteiger partial charge in [-0.3, -0.25) is 0 Å². The minimum Gasteiger partial charge on any atom is -0.381 e. The summed E-state index contributed by atoms with van der Waals surface area (Å²) in [6.45, 7) is 6.16. The molecule has 6 heteroatoms. The van der Waals surface area contributed by atoms with E-state index >= 15 is 0 Å². The number of hydrogen-bond donors (Lipinski definition) is 1. The molecule has 1 unspecified atom stereocenters. The number of ether oxygens (including phenoxy) is 1. The van der Waals surface area contributed by atoms with Gasteiger partial charge in [0.05, 0.1) is 12.4 Å². The lowest BCUT2D eigenvalue weighted by molar-refractivity contribution is 0.109. The Morgan fingerprint density at radius 2 is 2.11 bits per heavy atom. The van der Waals surface area contributed by atoms with Crippen molar-refractivity contribution in [1.82, 2.24) is 9.62 Å². The molecule has 112 valence electrons. The van der Waals surface area contributed by atoms with Gasteiger partial charge in [0.15, 0.2) is 0 Å². The summed E-state index contributed by atoms with van der Waals surface area (Å²) in [6, 6.07) is 0. The van der Waals surface area contributed by atoms with E-state index in [9.17, 15) is 8.42 Å². The van der Waals surface area contributed by atoms with Crippen LogP contribution in [-0.2, 0) is 14.8 Å². The van der Waals surface area contributed by atoms with Crippen molar-refractivity contribution in [3.63, 3.8) is 0 Å². The second-order valence-corrected chi connectivity index (χ2v) is 7.82. The summed E-state index contributed by atoms with van der Waals surface area (Å²) in [5.74, 6) is 0.115. The van der Waals surface area contributed by atoms with Gasteiger partial charge in [-0.05, 0) is 44.6 Å². The lowest BCUT2D eigenvalue weighted by Gasteiger charge is -2.44. The number of sulfonamides is 1. The van der Waals surface area contributed by atoms with E-state index in [2.05, 4.69) is 5.32 Å². The zero-order chi connectivity index (χ0) is 13.8. The van der Waals surface area contributed by atoms with Gasteiger partial charge in [0.1, 0.15) is 0 Å². The van der Waals surface area contributed by atoms with Gasteiger partial charge >= 0.3 is 0 Å². The molecule has 0 bridgehead atoms. The number of rotatable bonds is 5. The van der Waals surface area contributed by atoms with Gasteiger partial charge in [0, 0.05) is 26.2 Å². The summed E-state index contributed by atoms with van der Waals surface area (Å²) in [6.07, 6.45) is 4.44. The van der Waals surface area contributed by atoms with E-state index in [-0.39, 0.29) is 11.2 Å². The first-order chi connectivity index (χ1) is 9.08. The Morgan fingerprint density at radius 1 is 1.32 bits per heavy atom. The highest BCUT2D eigenvalue weighted by molar-refractivity contribution is 7.89. The summed E-state index contributed by atoms with van der Waals surface area (Å²) in [7, 11) is -3.15. The normalized spacial score (nSPS) is 29.7. The molecule has 1 atom stereocenters. The second kappa shape index (κ2) is 6.52. The average Bonchev–Trinajstić information content (AvgIpc) is 2.40. The summed E-state index contributed by atoms with van der Waals surface area (Å²) in [5.41, 5.74) is 0.176. The molecule has 0 saturated carbocycles. The molecule has 0 aromatic rings. The molecular formula is C13H26N2O3S. The first-order valence-electron chi connectivity index (χ1n) is 7.34. The SMILES string of the molecule is CCOCCS(=O)(=O)N1CCCC2(CCCNC2)C1. The summed E-state index contributed by atoms with van der Waals surface area (Å²) in [4.78, 5) is 0. The molecule has 2 rings (SSSR count). The van der Waals surface area contributed by atoms with Crippen LogP contribution in [-0.4, -0.2) is 57.9 Å². The van der Waals surface area contributed by atoms with Gasteiger partial charge in [0.25, 0.3) is 0 Å².